The zero-order valence-electron chi connectivity index (χ0n) is 21.4. The third-order valence-corrected chi connectivity index (χ3v) is 6.91. The molecule has 4 heteroatoms. The fourth-order valence-corrected chi connectivity index (χ4v) is 4.87. The zero-order valence-corrected chi connectivity index (χ0v) is 21.4. The van der Waals surface area contributed by atoms with Gasteiger partial charge in [-0.2, -0.15) is 0 Å². The van der Waals surface area contributed by atoms with Crippen molar-refractivity contribution in [2.24, 2.45) is 0 Å². The smallest absolute Gasteiger partial charge is 0.221 e. The highest BCUT2D eigenvalue weighted by Crippen LogP contribution is 2.36. The minimum absolute atomic E-state index is 0.0278. The first-order chi connectivity index (χ1) is 18.1. The molecule has 1 aromatic heterocycles. The Morgan fingerprint density at radius 2 is 1.54 bits per heavy atom. The van der Waals surface area contributed by atoms with Crippen LogP contribution in [0.25, 0.3) is 10.9 Å². The summed E-state index contributed by atoms with van der Waals surface area (Å²) in [4.78, 5) is 13.2. The third-order valence-electron chi connectivity index (χ3n) is 6.91. The predicted molar refractivity (Wildman–Crippen MR) is 150 cm³/mol. The quantitative estimate of drug-likeness (QED) is 0.247. The number of carbonyl (C=O) groups is 1. The predicted octanol–water partition coefficient (Wildman–Crippen LogP) is 6.85. The van der Waals surface area contributed by atoms with E-state index in [4.69, 9.17) is 4.74 Å². The lowest BCUT2D eigenvalue weighted by Gasteiger charge is -2.18. The number of hydrogen-bond acceptors (Lipinski definition) is 2. The third kappa shape index (κ3) is 5.75. The molecule has 4 nitrogen and oxygen atoms in total. The van der Waals surface area contributed by atoms with Crippen LogP contribution in [-0.2, 0) is 17.9 Å². The summed E-state index contributed by atoms with van der Waals surface area (Å²) in [5.74, 6) is 0.740. The number of ether oxygens (including phenoxy) is 1. The molecule has 1 heterocycles. The van der Waals surface area contributed by atoms with Crippen LogP contribution in [0.3, 0.4) is 0 Å². The van der Waals surface area contributed by atoms with E-state index < -0.39 is 0 Å². The second kappa shape index (κ2) is 11.2. The molecule has 4 aromatic carbocycles. The molecule has 0 saturated heterocycles. The first kappa shape index (κ1) is 24.4. The number of carbonyl (C=O) groups excluding carboxylic acids is 1. The van der Waals surface area contributed by atoms with Gasteiger partial charge < -0.3 is 14.6 Å². The molecule has 1 N–H and O–H groups in total. The number of fused-ring (bicyclic) bond motifs is 1. The normalized spacial score (nSPS) is 11.8. The molecule has 0 fully saturated rings. The van der Waals surface area contributed by atoms with Crippen LogP contribution < -0.4 is 10.1 Å². The molecule has 0 aliphatic heterocycles. The van der Waals surface area contributed by atoms with Gasteiger partial charge in [0.15, 0.2) is 0 Å². The highest BCUT2D eigenvalue weighted by atomic mass is 16.5. The fourth-order valence-electron chi connectivity index (χ4n) is 4.87. The summed E-state index contributed by atoms with van der Waals surface area (Å²) in [7, 11) is 1.67. The molecule has 5 rings (SSSR count). The van der Waals surface area contributed by atoms with Gasteiger partial charge in [-0.05, 0) is 47.4 Å². The van der Waals surface area contributed by atoms with Crippen LogP contribution in [0.1, 0.15) is 40.2 Å². The van der Waals surface area contributed by atoms with Crippen molar-refractivity contribution in [2.45, 2.75) is 32.4 Å². The highest BCUT2D eigenvalue weighted by Gasteiger charge is 2.23. The van der Waals surface area contributed by atoms with Crippen LogP contribution in [0.5, 0.6) is 5.75 Å². The molecule has 186 valence electrons. The number of para-hydroxylation sites is 1. The minimum Gasteiger partial charge on any atom is -0.497 e. The molecule has 0 aliphatic rings. The summed E-state index contributed by atoms with van der Waals surface area (Å²) in [5, 5.41) is 4.29. The van der Waals surface area contributed by atoms with E-state index in [-0.39, 0.29) is 11.8 Å². The van der Waals surface area contributed by atoms with Gasteiger partial charge in [-0.1, -0.05) is 90.5 Å². The monoisotopic (exact) mass is 488 g/mol. The maximum atomic E-state index is 13.2. The van der Waals surface area contributed by atoms with Crippen molar-refractivity contribution in [2.75, 3.05) is 7.11 Å². The Balaban J connectivity index is 1.49. The number of benzene rings is 4. The van der Waals surface area contributed by atoms with E-state index in [0.29, 0.717) is 13.0 Å². The lowest BCUT2D eigenvalue weighted by Crippen LogP contribution is -2.25. The van der Waals surface area contributed by atoms with Crippen molar-refractivity contribution in [3.8, 4) is 5.75 Å². The van der Waals surface area contributed by atoms with E-state index in [0.717, 1.165) is 29.0 Å². The molecule has 0 aliphatic carbocycles. The summed E-state index contributed by atoms with van der Waals surface area (Å²) in [6, 6.07) is 35.2. The molecule has 5 aromatic rings. The summed E-state index contributed by atoms with van der Waals surface area (Å²) < 4.78 is 7.69. The average molecular weight is 489 g/mol. The van der Waals surface area contributed by atoms with Gasteiger partial charge >= 0.3 is 0 Å². The van der Waals surface area contributed by atoms with Crippen molar-refractivity contribution in [3.05, 3.63) is 137 Å². The first-order valence-corrected chi connectivity index (χ1v) is 12.7. The lowest BCUT2D eigenvalue weighted by molar-refractivity contribution is -0.121. The van der Waals surface area contributed by atoms with Crippen LogP contribution in [0.4, 0.5) is 0 Å². The second-order valence-corrected chi connectivity index (χ2v) is 9.51. The summed E-state index contributed by atoms with van der Waals surface area (Å²) in [6.07, 6.45) is 2.58. The molecule has 0 radical (unpaired) electrons. The van der Waals surface area contributed by atoms with E-state index in [1.165, 1.54) is 22.0 Å². The number of rotatable bonds is 9. The SMILES string of the molecule is COc1ccc([C@@H](CC(=O)NCc2ccccc2)c2cn(Cc3ccc(C)cc3)c3ccccc23)cc1. The maximum Gasteiger partial charge on any atom is 0.221 e. The molecular formula is C33H32N2O2. The number of aromatic nitrogens is 1. The molecule has 1 atom stereocenters. The molecule has 0 spiro atoms. The van der Waals surface area contributed by atoms with Crippen molar-refractivity contribution >= 4 is 16.8 Å². The van der Waals surface area contributed by atoms with E-state index in [9.17, 15) is 4.79 Å². The first-order valence-electron chi connectivity index (χ1n) is 12.7. The largest absolute Gasteiger partial charge is 0.497 e. The Morgan fingerprint density at radius 3 is 2.27 bits per heavy atom. The molecule has 0 bridgehead atoms. The standard InChI is InChI=1S/C33H32N2O2/c1-24-12-14-26(15-13-24)22-35-23-31(29-10-6-7-11-32(29)35)30(27-16-18-28(37-2)19-17-27)20-33(36)34-21-25-8-4-3-5-9-25/h3-19,23,30H,20-22H2,1-2H3,(H,34,36)/t30-/m1/s1. The Labute approximate surface area is 218 Å². The van der Waals surface area contributed by atoms with Gasteiger partial charge in [0, 0.05) is 42.5 Å². The Hall–Kier alpha value is -4.31. The summed E-state index contributed by atoms with van der Waals surface area (Å²) in [6.45, 7) is 3.40. The topological polar surface area (TPSA) is 43.3 Å². The molecule has 0 unspecified atom stereocenters. The number of hydrogen-bond donors (Lipinski definition) is 1. The van der Waals surface area contributed by atoms with Crippen molar-refractivity contribution in [1.29, 1.82) is 0 Å². The summed E-state index contributed by atoms with van der Waals surface area (Å²) in [5.41, 5.74) is 7.01. The molecule has 1 amide bonds. The fraction of sp³-hybridized carbons (Fsp3) is 0.182. The minimum atomic E-state index is -0.0918. The number of amides is 1. The van der Waals surface area contributed by atoms with Gasteiger partial charge in [-0.25, -0.2) is 0 Å². The number of nitrogens with zero attached hydrogens (tertiary/aromatic N) is 1. The number of nitrogens with one attached hydrogen (secondary N) is 1. The van der Waals surface area contributed by atoms with Crippen LogP contribution >= 0.6 is 0 Å². The summed E-state index contributed by atoms with van der Waals surface area (Å²) >= 11 is 0. The average Bonchev–Trinajstić information content (AvgIpc) is 3.30. The molecule has 37 heavy (non-hydrogen) atoms. The second-order valence-electron chi connectivity index (χ2n) is 9.51. The van der Waals surface area contributed by atoms with Crippen LogP contribution in [0.15, 0.2) is 109 Å². The van der Waals surface area contributed by atoms with Gasteiger partial charge in [0.05, 0.1) is 7.11 Å². The van der Waals surface area contributed by atoms with Gasteiger partial charge in [-0.15, -0.1) is 0 Å². The Kier molecular flexibility index (Phi) is 7.36. The van der Waals surface area contributed by atoms with Crippen molar-refractivity contribution < 1.29 is 9.53 Å². The van der Waals surface area contributed by atoms with E-state index in [1.54, 1.807) is 7.11 Å². The van der Waals surface area contributed by atoms with Crippen LogP contribution in [0, 0.1) is 6.92 Å². The van der Waals surface area contributed by atoms with Gasteiger partial charge in [-0.3, -0.25) is 4.79 Å². The number of methoxy groups -OCH3 is 1. The maximum absolute atomic E-state index is 13.2. The Morgan fingerprint density at radius 1 is 0.838 bits per heavy atom. The van der Waals surface area contributed by atoms with Gasteiger partial charge in [0.25, 0.3) is 0 Å². The molecule has 0 saturated carbocycles. The van der Waals surface area contributed by atoms with Crippen LogP contribution in [0.2, 0.25) is 0 Å². The van der Waals surface area contributed by atoms with Gasteiger partial charge in [0.2, 0.25) is 5.91 Å². The highest BCUT2D eigenvalue weighted by molar-refractivity contribution is 5.87. The Bertz CT molecular complexity index is 1470. The molecular weight excluding hydrogens is 456 g/mol. The van der Waals surface area contributed by atoms with Gasteiger partial charge in [0.1, 0.15) is 5.75 Å². The lowest BCUT2D eigenvalue weighted by atomic mass is 9.88. The van der Waals surface area contributed by atoms with E-state index in [1.807, 2.05) is 42.5 Å². The van der Waals surface area contributed by atoms with E-state index >= 15 is 0 Å². The number of aryl methyl sites for hydroxylation is 1. The van der Waals surface area contributed by atoms with Crippen molar-refractivity contribution in [1.82, 2.24) is 9.88 Å². The van der Waals surface area contributed by atoms with Crippen molar-refractivity contribution in [3.63, 3.8) is 0 Å². The zero-order chi connectivity index (χ0) is 25.6. The van der Waals surface area contributed by atoms with Crippen LogP contribution in [-0.4, -0.2) is 17.6 Å². The van der Waals surface area contributed by atoms with E-state index in [2.05, 4.69) is 83.7 Å².